The molecule has 2 amide bonds. The number of anilines is 1. The number of fused-ring (bicyclic) bond motifs is 3. The first kappa shape index (κ1) is 29.7. The van der Waals surface area contributed by atoms with E-state index >= 15 is 0 Å². The normalized spacial score (nSPS) is 29.1. The molecule has 4 atom stereocenters. The number of hydrogen-bond donors (Lipinski definition) is 6. The van der Waals surface area contributed by atoms with Gasteiger partial charge in [0, 0.05) is 22.8 Å². The number of phenolic OH excluding ortho intramolecular Hbond substituents is 1. The summed E-state index contributed by atoms with van der Waals surface area (Å²) in [5.41, 5.74) is -1.38. The topological polar surface area (TPSA) is 217 Å². The first-order valence-electron chi connectivity index (χ1n) is 12.8. The summed E-state index contributed by atoms with van der Waals surface area (Å²) in [6, 6.07) is 1.72. The lowest BCUT2D eigenvalue weighted by molar-refractivity contribution is -0.176. The fraction of sp³-hybridized carbons (Fsp3) is 0.464. The number of aliphatic hydroxyl groups excluding tert-OH is 2. The van der Waals surface area contributed by atoms with Crippen LogP contribution in [0.2, 0.25) is 0 Å². The van der Waals surface area contributed by atoms with Gasteiger partial charge in [0.05, 0.1) is 30.8 Å². The quantitative estimate of drug-likeness (QED) is 0.158. The van der Waals surface area contributed by atoms with Gasteiger partial charge in [-0.05, 0) is 38.6 Å². The monoisotopic (exact) mass is 571 g/mol. The molecule has 0 aliphatic heterocycles. The predicted octanol–water partition coefficient (Wildman–Crippen LogP) is 0.636. The summed E-state index contributed by atoms with van der Waals surface area (Å²) in [7, 11) is 4.24. The van der Waals surface area contributed by atoms with Crippen LogP contribution in [0.15, 0.2) is 29.0 Å². The Morgan fingerprint density at radius 1 is 1.12 bits per heavy atom. The Morgan fingerprint density at radius 3 is 2.32 bits per heavy atom. The highest BCUT2D eigenvalue weighted by molar-refractivity contribution is 6.25. The molecule has 1 saturated carbocycles. The van der Waals surface area contributed by atoms with Crippen molar-refractivity contribution in [2.75, 3.05) is 26.5 Å². The first-order valence-corrected chi connectivity index (χ1v) is 12.8. The van der Waals surface area contributed by atoms with Gasteiger partial charge in [-0.2, -0.15) is 0 Å². The molecule has 0 heterocycles. The Hall–Kier alpha value is -4.23. The Balaban J connectivity index is 1.88. The van der Waals surface area contributed by atoms with Gasteiger partial charge >= 0.3 is 5.97 Å². The van der Waals surface area contributed by atoms with E-state index < -0.39 is 74.7 Å². The number of carbonyl (C=O) groups is 5. The van der Waals surface area contributed by atoms with Crippen molar-refractivity contribution in [3.05, 3.63) is 40.2 Å². The maximum atomic E-state index is 14.2. The van der Waals surface area contributed by atoms with E-state index in [4.69, 9.17) is 5.73 Å². The molecule has 7 N–H and O–H groups in total. The molecule has 1 aromatic rings. The second-order valence-electron chi connectivity index (χ2n) is 11.5. The fourth-order valence-electron chi connectivity index (χ4n) is 6.95. The van der Waals surface area contributed by atoms with Gasteiger partial charge in [0.1, 0.15) is 22.8 Å². The zero-order valence-electron chi connectivity index (χ0n) is 23.3. The van der Waals surface area contributed by atoms with Crippen LogP contribution in [0.4, 0.5) is 5.69 Å². The molecule has 41 heavy (non-hydrogen) atoms. The lowest BCUT2D eigenvalue weighted by Gasteiger charge is -2.59. The number of benzene rings is 1. The number of nitrogens with two attached hydrogens (primary N) is 1. The van der Waals surface area contributed by atoms with Crippen LogP contribution >= 0.6 is 0 Å². The van der Waals surface area contributed by atoms with Crippen molar-refractivity contribution < 1.29 is 49.1 Å². The molecule has 3 aliphatic carbocycles. The van der Waals surface area contributed by atoms with Crippen molar-refractivity contribution in [1.29, 1.82) is 0 Å². The van der Waals surface area contributed by atoms with Gasteiger partial charge in [0.25, 0.3) is 5.91 Å². The number of carbonyl (C=O) groups excluding carboxylic acids is 5. The molecular formula is C28H33N3O10. The van der Waals surface area contributed by atoms with Crippen molar-refractivity contribution in [1.82, 2.24) is 4.90 Å². The summed E-state index contributed by atoms with van der Waals surface area (Å²) in [5, 5.41) is 48.1. The Kier molecular flexibility index (Phi) is 7.04. The standard InChI is InChI=1S/C28H33N3O10/c1-26-10-12-6-7-13(30-14(32)8-9-15(33)41-5)19(34)16(12)20(35)18(26)24(38)28(40)23(37)17(25(29)39)21(36)22(31(3)4)27(28,2)11-26/h6-7,22,34-35,37,40H,8-11H2,1-5H3,(H2,29,39)(H,30,32)/t22-,26+,27+,28-/m1/s1. The molecular weight excluding hydrogens is 538 g/mol. The number of phenols is 1. The van der Waals surface area contributed by atoms with Crippen molar-refractivity contribution in [2.24, 2.45) is 16.6 Å². The zero-order chi connectivity index (χ0) is 30.8. The maximum absolute atomic E-state index is 14.2. The van der Waals surface area contributed by atoms with Gasteiger partial charge in [-0.25, -0.2) is 0 Å². The van der Waals surface area contributed by atoms with E-state index in [9.17, 15) is 44.4 Å². The highest BCUT2D eigenvalue weighted by Crippen LogP contribution is 2.63. The molecule has 220 valence electrons. The average Bonchev–Trinajstić information content (AvgIpc) is 2.85. The van der Waals surface area contributed by atoms with E-state index in [-0.39, 0.29) is 42.5 Å². The molecule has 0 radical (unpaired) electrons. The van der Waals surface area contributed by atoms with Crippen molar-refractivity contribution in [3.8, 4) is 5.75 Å². The second kappa shape index (κ2) is 9.70. The smallest absolute Gasteiger partial charge is 0.306 e. The number of nitrogens with zero attached hydrogens (tertiary/aromatic N) is 1. The molecule has 0 unspecified atom stereocenters. The largest absolute Gasteiger partial charge is 0.508 e. The summed E-state index contributed by atoms with van der Waals surface area (Å²) < 4.78 is 4.51. The Bertz CT molecular complexity index is 1480. The number of primary amides is 1. The summed E-state index contributed by atoms with van der Waals surface area (Å²) in [6.45, 7) is 3.12. The second-order valence-corrected chi connectivity index (χ2v) is 11.5. The highest BCUT2D eigenvalue weighted by Gasteiger charge is 2.72. The molecule has 3 aliphatic rings. The number of ether oxygens (including phenoxy) is 1. The van der Waals surface area contributed by atoms with Crippen LogP contribution in [0.5, 0.6) is 5.75 Å². The SMILES string of the molecule is COC(=O)CCC(=O)Nc1ccc2c(c1O)C(O)=C1C(=O)[C@]3(O)C(O)=C(C(N)=O)C(=O)[C@@H](N(C)C)[C@]3(C)C[C@]1(C)C2. The predicted molar refractivity (Wildman–Crippen MR) is 143 cm³/mol. The van der Waals surface area contributed by atoms with Crippen LogP contribution in [-0.4, -0.2) is 87.5 Å². The third kappa shape index (κ3) is 4.10. The van der Waals surface area contributed by atoms with Crippen LogP contribution in [0.3, 0.4) is 0 Å². The number of rotatable bonds is 6. The molecule has 13 heteroatoms. The van der Waals surface area contributed by atoms with Crippen molar-refractivity contribution in [2.45, 2.75) is 51.2 Å². The number of aromatic hydroxyl groups is 1. The van der Waals surface area contributed by atoms with Gasteiger partial charge in [0.2, 0.25) is 11.7 Å². The van der Waals surface area contributed by atoms with E-state index in [1.54, 1.807) is 13.0 Å². The van der Waals surface area contributed by atoms with E-state index in [2.05, 4.69) is 10.1 Å². The lowest BCUT2D eigenvalue weighted by Crippen LogP contribution is -2.72. The number of esters is 1. The molecule has 1 aromatic carbocycles. The highest BCUT2D eigenvalue weighted by atomic mass is 16.5. The van der Waals surface area contributed by atoms with Crippen LogP contribution in [-0.2, 0) is 35.1 Å². The molecule has 0 saturated heterocycles. The van der Waals surface area contributed by atoms with E-state index in [1.807, 2.05) is 0 Å². The minimum atomic E-state index is -2.82. The van der Waals surface area contributed by atoms with Crippen LogP contribution in [0.1, 0.15) is 44.2 Å². The van der Waals surface area contributed by atoms with Gasteiger partial charge in [0.15, 0.2) is 11.4 Å². The molecule has 0 bridgehead atoms. The Labute approximate surface area is 235 Å². The minimum absolute atomic E-state index is 0.0742. The number of hydrogen-bond acceptors (Lipinski definition) is 11. The number of nitrogens with one attached hydrogen (secondary N) is 1. The van der Waals surface area contributed by atoms with Crippen molar-refractivity contribution >= 4 is 40.8 Å². The number of amides is 2. The molecule has 0 aromatic heterocycles. The van der Waals surface area contributed by atoms with Gasteiger partial charge in [-0.1, -0.05) is 19.9 Å². The molecule has 13 nitrogen and oxygen atoms in total. The van der Waals surface area contributed by atoms with Gasteiger partial charge in [-0.15, -0.1) is 0 Å². The summed E-state index contributed by atoms with van der Waals surface area (Å²) >= 11 is 0. The number of methoxy groups -OCH3 is 1. The third-order valence-corrected chi connectivity index (χ3v) is 8.56. The van der Waals surface area contributed by atoms with Crippen molar-refractivity contribution in [3.63, 3.8) is 0 Å². The Morgan fingerprint density at radius 2 is 1.76 bits per heavy atom. The summed E-state index contributed by atoms with van der Waals surface area (Å²) in [5.74, 6) is -6.98. The van der Waals surface area contributed by atoms with Gasteiger partial charge < -0.3 is 36.2 Å². The molecule has 0 spiro atoms. The van der Waals surface area contributed by atoms with E-state index in [1.165, 1.54) is 39.1 Å². The zero-order valence-corrected chi connectivity index (χ0v) is 23.3. The molecule has 4 rings (SSSR count). The number of Topliss-reactive ketones (excluding diaryl/α,β-unsaturated/α-hetero) is 2. The summed E-state index contributed by atoms with van der Waals surface area (Å²) in [4.78, 5) is 64.9. The van der Waals surface area contributed by atoms with Crippen LogP contribution in [0.25, 0.3) is 5.76 Å². The van der Waals surface area contributed by atoms with Crippen LogP contribution in [0, 0.1) is 10.8 Å². The number of ketones is 2. The van der Waals surface area contributed by atoms with Gasteiger partial charge in [-0.3, -0.25) is 28.9 Å². The average molecular weight is 572 g/mol. The number of aliphatic hydroxyl groups is 3. The van der Waals surface area contributed by atoms with E-state index in [0.29, 0.717) is 5.56 Å². The molecule has 1 fully saturated rings. The first-order chi connectivity index (χ1) is 19.0. The summed E-state index contributed by atoms with van der Waals surface area (Å²) in [6.07, 6.45) is -0.463. The minimum Gasteiger partial charge on any atom is -0.508 e. The van der Waals surface area contributed by atoms with Crippen LogP contribution < -0.4 is 11.1 Å². The van der Waals surface area contributed by atoms with E-state index in [0.717, 1.165) is 0 Å². The third-order valence-electron chi connectivity index (χ3n) is 8.56. The lowest BCUT2D eigenvalue weighted by atomic mass is 9.46. The maximum Gasteiger partial charge on any atom is 0.306 e. The fourth-order valence-corrected chi connectivity index (χ4v) is 6.95. The number of likely N-dealkylation sites (N-methyl/N-ethyl adjacent to an activating group) is 1.